The van der Waals surface area contributed by atoms with E-state index in [1.54, 1.807) is 0 Å². The summed E-state index contributed by atoms with van der Waals surface area (Å²) in [5.74, 6) is 0. The Morgan fingerprint density at radius 2 is 2.33 bits per heavy atom. The Kier molecular flexibility index (Phi) is 5.57. The van der Waals surface area contributed by atoms with E-state index >= 15 is 0 Å². The van der Waals surface area contributed by atoms with Crippen molar-refractivity contribution in [3.63, 3.8) is 0 Å². The van der Waals surface area contributed by atoms with Crippen molar-refractivity contribution in [3.05, 3.63) is 12.2 Å². The average Bonchev–Trinajstić information content (AvgIpc) is 1.80. The van der Waals surface area contributed by atoms with E-state index in [1.165, 1.54) is 0 Å². The van der Waals surface area contributed by atoms with Crippen LogP contribution in [0.1, 0.15) is 13.8 Å². The topological polar surface area (TPSA) is 35.2 Å². The van der Waals surface area contributed by atoms with Gasteiger partial charge in [-0.1, -0.05) is 12.2 Å². The van der Waals surface area contributed by atoms with E-state index in [4.69, 9.17) is 10.5 Å². The smallest absolute Gasteiger partial charge is 0.0647 e. The molecule has 0 spiro atoms. The van der Waals surface area contributed by atoms with Crippen LogP contribution in [0.5, 0.6) is 0 Å². The number of hydrogen-bond donors (Lipinski definition) is 1. The molecule has 0 bridgehead atoms. The van der Waals surface area contributed by atoms with E-state index < -0.39 is 0 Å². The second-order valence-corrected chi connectivity index (χ2v) is 1.95. The van der Waals surface area contributed by atoms with Crippen LogP contribution in [0.25, 0.3) is 0 Å². The predicted octanol–water partition coefficient (Wildman–Crippen LogP) is 0.926. The van der Waals surface area contributed by atoms with Gasteiger partial charge in [0.1, 0.15) is 0 Å². The summed E-state index contributed by atoms with van der Waals surface area (Å²) in [5.41, 5.74) is 5.43. The van der Waals surface area contributed by atoms with Gasteiger partial charge in [0.05, 0.1) is 6.61 Å². The molecule has 0 heterocycles. The molecule has 2 N–H and O–H groups in total. The highest BCUT2D eigenvalue weighted by Gasteiger charge is 1.81. The van der Waals surface area contributed by atoms with Gasteiger partial charge in [0, 0.05) is 12.6 Å². The van der Waals surface area contributed by atoms with Gasteiger partial charge in [-0.2, -0.15) is 0 Å². The lowest BCUT2D eigenvalue weighted by Crippen LogP contribution is -2.10. The van der Waals surface area contributed by atoms with Gasteiger partial charge in [-0.05, 0) is 13.8 Å². The Morgan fingerprint density at radius 3 is 2.78 bits per heavy atom. The van der Waals surface area contributed by atoms with Crippen molar-refractivity contribution in [3.8, 4) is 0 Å². The van der Waals surface area contributed by atoms with E-state index in [0.717, 1.165) is 6.61 Å². The Hall–Kier alpha value is -0.340. The van der Waals surface area contributed by atoms with Crippen molar-refractivity contribution in [1.29, 1.82) is 0 Å². The highest BCUT2D eigenvalue weighted by molar-refractivity contribution is 4.88. The molecule has 0 aliphatic rings. The Labute approximate surface area is 56.7 Å². The normalized spacial score (nSPS) is 14.6. The summed E-state index contributed by atoms with van der Waals surface area (Å²) in [6.07, 6.45) is 3.86. The molecule has 9 heavy (non-hydrogen) atoms. The fraction of sp³-hybridized carbons (Fsp3) is 0.714. The maximum Gasteiger partial charge on any atom is 0.0647 e. The lowest BCUT2D eigenvalue weighted by molar-refractivity contribution is 0.177. The largest absolute Gasteiger partial charge is 0.378 e. The highest BCUT2D eigenvalue weighted by Crippen LogP contribution is 1.80. The monoisotopic (exact) mass is 129 g/mol. The lowest BCUT2D eigenvalue weighted by atomic mass is 10.3. The van der Waals surface area contributed by atoms with Gasteiger partial charge in [0.15, 0.2) is 0 Å². The van der Waals surface area contributed by atoms with Crippen LogP contribution in [0.15, 0.2) is 12.2 Å². The molecular weight excluding hydrogens is 114 g/mol. The molecule has 0 aromatic rings. The number of rotatable bonds is 4. The molecule has 2 nitrogen and oxygen atoms in total. The van der Waals surface area contributed by atoms with Gasteiger partial charge in [0.25, 0.3) is 0 Å². The van der Waals surface area contributed by atoms with E-state index in [0.29, 0.717) is 6.61 Å². The first-order chi connectivity index (χ1) is 4.27. The summed E-state index contributed by atoms with van der Waals surface area (Å²) in [4.78, 5) is 0. The minimum atomic E-state index is 0.144. The average molecular weight is 129 g/mol. The molecule has 2 heteroatoms. The standard InChI is InChI=1S/C7H15NO/c1-3-9-6-4-5-7(2)8/h4-5,7H,3,6,8H2,1-2H3/b5-4+/t7-/m1/s1. The van der Waals surface area contributed by atoms with Crippen LogP contribution in [0.4, 0.5) is 0 Å². The van der Waals surface area contributed by atoms with Crippen molar-refractivity contribution in [2.75, 3.05) is 13.2 Å². The quantitative estimate of drug-likeness (QED) is 0.452. The van der Waals surface area contributed by atoms with Crippen LogP contribution in [0, 0.1) is 0 Å². The molecule has 0 amide bonds. The highest BCUT2D eigenvalue weighted by atomic mass is 16.5. The summed E-state index contributed by atoms with van der Waals surface area (Å²) >= 11 is 0. The maximum absolute atomic E-state index is 5.43. The summed E-state index contributed by atoms with van der Waals surface area (Å²) in [6, 6.07) is 0.144. The predicted molar refractivity (Wildman–Crippen MR) is 39.3 cm³/mol. The SMILES string of the molecule is CCOC/C=C/[C@@H](C)N. The molecule has 0 aliphatic heterocycles. The molecule has 1 atom stereocenters. The molecule has 0 saturated heterocycles. The molecule has 0 aliphatic carbocycles. The zero-order chi connectivity index (χ0) is 7.11. The van der Waals surface area contributed by atoms with Crippen LogP contribution >= 0.6 is 0 Å². The van der Waals surface area contributed by atoms with Gasteiger partial charge >= 0.3 is 0 Å². The van der Waals surface area contributed by atoms with Crippen molar-refractivity contribution in [2.24, 2.45) is 5.73 Å². The second-order valence-electron chi connectivity index (χ2n) is 1.95. The molecule has 54 valence electrons. The first-order valence-electron chi connectivity index (χ1n) is 3.27. The molecule has 0 radical (unpaired) electrons. The Morgan fingerprint density at radius 1 is 1.67 bits per heavy atom. The van der Waals surface area contributed by atoms with Gasteiger partial charge in [-0.3, -0.25) is 0 Å². The number of nitrogens with two attached hydrogens (primary N) is 1. The van der Waals surface area contributed by atoms with E-state index in [-0.39, 0.29) is 6.04 Å². The molecular formula is C7H15NO. The van der Waals surface area contributed by atoms with Crippen LogP contribution in [-0.4, -0.2) is 19.3 Å². The number of hydrogen-bond acceptors (Lipinski definition) is 2. The minimum Gasteiger partial charge on any atom is -0.378 e. The Balaban J connectivity index is 3.04. The van der Waals surface area contributed by atoms with Crippen LogP contribution in [0.3, 0.4) is 0 Å². The van der Waals surface area contributed by atoms with Crippen molar-refractivity contribution < 1.29 is 4.74 Å². The molecule has 0 rings (SSSR count). The summed E-state index contributed by atoms with van der Waals surface area (Å²) in [7, 11) is 0. The fourth-order valence-corrected chi connectivity index (χ4v) is 0.456. The third-order valence-electron chi connectivity index (χ3n) is 0.858. The van der Waals surface area contributed by atoms with Gasteiger partial charge < -0.3 is 10.5 Å². The molecule has 0 aromatic heterocycles. The van der Waals surface area contributed by atoms with Gasteiger partial charge in [0.2, 0.25) is 0 Å². The van der Waals surface area contributed by atoms with E-state index in [9.17, 15) is 0 Å². The molecule has 0 fully saturated rings. The van der Waals surface area contributed by atoms with Gasteiger partial charge in [-0.15, -0.1) is 0 Å². The van der Waals surface area contributed by atoms with Crippen molar-refractivity contribution in [2.45, 2.75) is 19.9 Å². The summed E-state index contributed by atoms with van der Waals surface area (Å²) in [6.45, 7) is 5.35. The third kappa shape index (κ3) is 7.66. The molecule has 0 aromatic carbocycles. The van der Waals surface area contributed by atoms with E-state index in [2.05, 4.69) is 0 Å². The summed E-state index contributed by atoms with van der Waals surface area (Å²) in [5, 5.41) is 0. The first-order valence-corrected chi connectivity index (χ1v) is 3.27. The fourth-order valence-electron chi connectivity index (χ4n) is 0.456. The zero-order valence-corrected chi connectivity index (χ0v) is 6.13. The summed E-state index contributed by atoms with van der Waals surface area (Å²) < 4.78 is 5.04. The molecule has 0 saturated carbocycles. The second kappa shape index (κ2) is 5.79. The van der Waals surface area contributed by atoms with Crippen LogP contribution < -0.4 is 5.73 Å². The zero-order valence-electron chi connectivity index (χ0n) is 6.13. The minimum absolute atomic E-state index is 0.144. The van der Waals surface area contributed by atoms with Crippen LogP contribution in [-0.2, 0) is 4.74 Å². The van der Waals surface area contributed by atoms with Gasteiger partial charge in [-0.25, -0.2) is 0 Å². The number of ether oxygens (including phenoxy) is 1. The molecule has 0 unspecified atom stereocenters. The third-order valence-corrected chi connectivity index (χ3v) is 0.858. The lowest BCUT2D eigenvalue weighted by Gasteiger charge is -1.95. The first kappa shape index (κ1) is 8.66. The Bertz CT molecular complexity index is 79.0. The van der Waals surface area contributed by atoms with E-state index in [1.807, 2.05) is 26.0 Å². The van der Waals surface area contributed by atoms with Crippen molar-refractivity contribution >= 4 is 0 Å². The maximum atomic E-state index is 5.43. The van der Waals surface area contributed by atoms with Crippen molar-refractivity contribution in [1.82, 2.24) is 0 Å². The van der Waals surface area contributed by atoms with Crippen LogP contribution in [0.2, 0.25) is 0 Å².